The van der Waals surface area contributed by atoms with E-state index in [-0.39, 0.29) is 17.1 Å². The van der Waals surface area contributed by atoms with Crippen molar-refractivity contribution in [2.24, 2.45) is 11.1 Å². The molecule has 104 valence electrons. The third-order valence-electron chi connectivity index (χ3n) is 4.13. The van der Waals surface area contributed by atoms with Gasteiger partial charge in [0.2, 0.25) is 5.91 Å². The first-order valence-corrected chi connectivity index (χ1v) is 6.77. The molecule has 0 saturated heterocycles. The van der Waals surface area contributed by atoms with Gasteiger partial charge in [-0.25, -0.2) is 4.39 Å². The summed E-state index contributed by atoms with van der Waals surface area (Å²) < 4.78 is 13.1. The topological polar surface area (TPSA) is 46.3 Å². The fraction of sp³-hybridized carbons (Fsp3) is 0.533. The number of amides is 1. The van der Waals surface area contributed by atoms with Gasteiger partial charge in [0, 0.05) is 20.1 Å². The Morgan fingerprint density at radius 2 is 2.21 bits per heavy atom. The van der Waals surface area contributed by atoms with Crippen molar-refractivity contribution >= 4 is 5.91 Å². The van der Waals surface area contributed by atoms with Gasteiger partial charge in [0.15, 0.2) is 0 Å². The molecule has 0 radical (unpaired) electrons. The standard InChI is InChI=1S/C15H21FN2O/c1-18(14(19)15(11-17)7-3-8-15)9-6-12-4-2-5-13(16)10-12/h2,4-5,10H,3,6-9,11,17H2,1H3. The second-order valence-electron chi connectivity index (χ2n) is 5.44. The molecule has 19 heavy (non-hydrogen) atoms. The van der Waals surface area contributed by atoms with Crippen LogP contribution in [0.25, 0.3) is 0 Å². The second kappa shape index (κ2) is 5.70. The van der Waals surface area contributed by atoms with Crippen LogP contribution in [-0.4, -0.2) is 30.9 Å². The van der Waals surface area contributed by atoms with Crippen molar-refractivity contribution in [3.8, 4) is 0 Å². The number of nitrogens with two attached hydrogens (primary N) is 1. The van der Waals surface area contributed by atoms with Crippen LogP contribution in [0.4, 0.5) is 4.39 Å². The highest BCUT2D eigenvalue weighted by Crippen LogP contribution is 2.41. The number of likely N-dealkylation sites (N-methyl/N-ethyl adjacent to an activating group) is 1. The molecule has 1 aliphatic carbocycles. The lowest BCUT2D eigenvalue weighted by molar-refractivity contribution is -0.145. The quantitative estimate of drug-likeness (QED) is 0.883. The number of halogens is 1. The number of benzene rings is 1. The molecule has 4 heteroatoms. The number of carbonyl (C=O) groups is 1. The Morgan fingerprint density at radius 3 is 2.74 bits per heavy atom. The maximum atomic E-state index is 13.1. The van der Waals surface area contributed by atoms with Gasteiger partial charge in [-0.2, -0.15) is 0 Å². The minimum atomic E-state index is -0.323. The van der Waals surface area contributed by atoms with Crippen molar-refractivity contribution in [3.63, 3.8) is 0 Å². The molecule has 0 unspecified atom stereocenters. The first-order chi connectivity index (χ1) is 9.07. The van der Waals surface area contributed by atoms with Gasteiger partial charge >= 0.3 is 0 Å². The summed E-state index contributed by atoms with van der Waals surface area (Å²) >= 11 is 0. The third-order valence-corrected chi connectivity index (χ3v) is 4.13. The third kappa shape index (κ3) is 2.95. The molecule has 1 aromatic carbocycles. The van der Waals surface area contributed by atoms with Gasteiger partial charge in [-0.15, -0.1) is 0 Å². The van der Waals surface area contributed by atoms with Gasteiger partial charge in [-0.3, -0.25) is 4.79 Å². The fourth-order valence-corrected chi connectivity index (χ4v) is 2.60. The van der Waals surface area contributed by atoms with E-state index in [1.807, 2.05) is 6.07 Å². The number of carbonyl (C=O) groups excluding carboxylic acids is 1. The fourth-order valence-electron chi connectivity index (χ4n) is 2.60. The van der Waals surface area contributed by atoms with E-state index in [4.69, 9.17) is 5.73 Å². The summed E-state index contributed by atoms with van der Waals surface area (Å²) in [7, 11) is 1.80. The maximum absolute atomic E-state index is 13.1. The predicted molar refractivity (Wildman–Crippen MR) is 73.1 cm³/mol. The molecule has 1 fully saturated rings. The van der Waals surface area contributed by atoms with Crippen molar-refractivity contribution in [3.05, 3.63) is 35.6 Å². The molecule has 2 rings (SSSR count). The SMILES string of the molecule is CN(CCc1cccc(F)c1)C(=O)C1(CN)CCC1. The van der Waals surface area contributed by atoms with E-state index in [1.54, 1.807) is 18.0 Å². The van der Waals surface area contributed by atoms with Crippen LogP contribution >= 0.6 is 0 Å². The average molecular weight is 264 g/mol. The summed E-state index contributed by atoms with van der Waals surface area (Å²) in [6, 6.07) is 6.51. The zero-order chi connectivity index (χ0) is 13.9. The van der Waals surface area contributed by atoms with Crippen molar-refractivity contribution in [2.75, 3.05) is 20.1 Å². The van der Waals surface area contributed by atoms with Crippen LogP contribution in [0.3, 0.4) is 0 Å². The first kappa shape index (κ1) is 14.0. The lowest BCUT2D eigenvalue weighted by atomic mass is 9.68. The monoisotopic (exact) mass is 264 g/mol. The van der Waals surface area contributed by atoms with E-state index in [9.17, 15) is 9.18 Å². The predicted octanol–water partition coefficient (Wildman–Crippen LogP) is 1.96. The highest BCUT2D eigenvalue weighted by molar-refractivity contribution is 5.83. The minimum absolute atomic E-state index is 0.137. The van der Waals surface area contributed by atoms with Crippen LogP contribution in [0.2, 0.25) is 0 Å². The summed E-state index contributed by atoms with van der Waals surface area (Å²) in [6.45, 7) is 1.03. The lowest BCUT2D eigenvalue weighted by Gasteiger charge is -2.41. The highest BCUT2D eigenvalue weighted by atomic mass is 19.1. The van der Waals surface area contributed by atoms with Crippen molar-refractivity contribution in [2.45, 2.75) is 25.7 Å². The van der Waals surface area contributed by atoms with E-state index in [0.717, 1.165) is 24.8 Å². The Labute approximate surface area is 113 Å². The van der Waals surface area contributed by atoms with Crippen molar-refractivity contribution in [1.29, 1.82) is 0 Å². The van der Waals surface area contributed by atoms with Gasteiger partial charge in [-0.05, 0) is 37.0 Å². The van der Waals surface area contributed by atoms with Gasteiger partial charge in [-0.1, -0.05) is 18.6 Å². The molecule has 0 heterocycles. The van der Waals surface area contributed by atoms with Gasteiger partial charge in [0.1, 0.15) is 5.82 Å². The van der Waals surface area contributed by atoms with Crippen molar-refractivity contribution < 1.29 is 9.18 Å². The van der Waals surface area contributed by atoms with Crippen LogP contribution < -0.4 is 5.73 Å². The highest BCUT2D eigenvalue weighted by Gasteiger charge is 2.44. The molecule has 1 saturated carbocycles. The zero-order valence-corrected chi connectivity index (χ0v) is 11.4. The molecule has 0 atom stereocenters. The maximum Gasteiger partial charge on any atom is 0.229 e. The molecule has 0 aromatic heterocycles. The summed E-state index contributed by atoms with van der Waals surface area (Å²) in [5, 5.41) is 0. The van der Waals surface area contributed by atoms with E-state index >= 15 is 0 Å². The molecule has 2 N–H and O–H groups in total. The minimum Gasteiger partial charge on any atom is -0.345 e. The normalized spacial score (nSPS) is 16.8. The molecule has 1 aromatic rings. The van der Waals surface area contributed by atoms with Gasteiger partial charge in [0.05, 0.1) is 5.41 Å². The van der Waals surface area contributed by atoms with E-state index in [2.05, 4.69) is 0 Å². The van der Waals surface area contributed by atoms with E-state index in [1.165, 1.54) is 12.1 Å². The first-order valence-electron chi connectivity index (χ1n) is 6.77. The molecule has 0 spiro atoms. The Bertz CT molecular complexity index is 452. The largest absolute Gasteiger partial charge is 0.345 e. The Balaban J connectivity index is 1.91. The molecule has 0 aliphatic heterocycles. The molecular weight excluding hydrogens is 243 g/mol. The number of hydrogen-bond donors (Lipinski definition) is 1. The zero-order valence-electron chi connectivity index (χ0n) is 11.4. The van der Waals surface area contributed by atoms with E-state index < -0.39 is 0 Å². The van der Waals surface area contributed by atoms with Crippen LogP contribution in [-0.2, 0) is 11.2 Å². The average Bonchev–Trinajstić information content (AvgIpc) is 2.35. The second-order valence-corrected chi connectivity index (χ2v) is 5.44. The molecular formula is C15H21FN2O. The Hall–Kier alpha value is -1.42. The number of nitrogens with zero attached hydrogens (tertiary/aromatic N) is 1. The summed E-state index contributed by atoms with van der Waals surface area (Å²) in [6.07, 6.45) is 3.54. The van der Waals surface area contributed by atoms with Crippen LogP contribution in [0, 0.1) is 11.2 Å². The lowest BCUT2D eigenvalue weighted by Crippen LogP contribution is -2.51. The van der Waals surface area contributed by atoms with Gasteiger partial charge in [0.25, 0.3) is 0 Å². The smallest absolute Gasteiger partial charge is 0.229 e. The Kier molecular flexibility index (Phi) is 4.20. The van der Waals surface area contributed by atoms with Crippen molar-refractivity contribution in [1.82, 2.24) is 4.90 Å². The molecule has 1 amide bonds. The van der Waals surface area contributed by atoms with E-state index in [0.29, 0.717) is 19.5 Å². The molecule has 0 bridgehead atoms. The van der Waals surface area contributed by atoms with Crippen LogP contribution in [0.5, 0.6) is 0 Å². The van der Waals surface area contributed by atoms with Crippen LogP contribution in [0.1, 0.15) is 24.8 Å². The summed E-state index contributed by atoms with van der Waals surface area (Å²) in [5.74, 6) is -0.0958. The summed E-state index contributed by atoms with van der Waals surface area (Å²) in [4.78, 5) is 14.1. The molecule has 1 aliphatic rings. The summed E-state index contributed by atoms with van der Waals surface area (Å²) in [5.41, 5.74) is 6.33. The van der Waals surface area contributed by atoms with Crippen LogP contribution in [0.15, 0.2) is 24.3 Å². The van der Waals surface area contributed by atoms with Gasteiger partial charge < -0.3 is 10.6 Å². The number of hydrogen-bond acceptors (Lipinski definition) is 2. The molecule has 3 nitrogen and oxygen atoms in total. The number of rotatable bonds is 5. The Morgan fingerprint density at radius 1 is 1.47 bits per heavy atom.